The van der Waals surface area contributed by atoms with Gasteiger partial charge in [-0.25, -0.2) is 0 Å². The van der Waals surface area contributed by atoms with Gasteiger partial charge in [-0.1, -0.05) is 6.92 Å². The molecule has 1 nitrogen and oxygen atoms in total. The maximum Gasteiger partial charge on any atom is 0.0857 e. The molecule has 0 saturated heterocycles. The minimum absolute atomic E-state index is 0.199. The Morgan fingerprint density at radius 3 is 2.47 bits per heavy atom. The second-order valence-electron chi connectivity index (χ2n) is 7.97. The number of aliphatic hydroxyl groups excluding tert-OH is 1. The van der Waals surface area contributed by atoms with Gasteiger partial charge in [-0.2, -0.15) is 0 Å². The van der Waals surface area contributed by atoms with Crippen molar-refractivity contribution in [1.82, 2.24) is 0 Å². The average molecular weight is 276 g/mol. The maximum atomic E-state index is 11.1. The first-order valence-corrected chi connectivity index (χ1v) is 8.60. The molecule has 4 aliphatic rings. The van der Waals surface area contributed by atoms with Crippen molar-refractivity contribution in [1.29, 1.82) is 0 Å². The summed E-state index contributed by atoms with van der Waals surface area (Å²) in [6.45, 7) is 4.64. The first-order chi connectivity index (χ1) is 9.00. The topological polar surface area (TPSA) is 20.2 Å². The van der Waals surface area contributed by atoms with Crippen molar-refractivity contribution < 1.29 is 5.11 Å². The monoisotopic (exact) mass is 276 g/mol. The molecule has 0 spiro atoms. The smallest absolute Gasteiger partial charge is 0.0857 e. The van der Waals surface area contributed by atoms with Crippen LogP contribution in [0.4, 0.5) is 0 Å². The highest BCUT2D eigenvalue weighted by atomic mass is 32.1. The van der Waals surface area contributed by atoms with Gasteiger partial charge in [0.1, 0.15) is 0 Å². The molecular weight excluding hydrogens is 252 g/mol. The van der Waals surface area contributed by atoms with E-state index in [1.165, 1.54) is 49.0 Å². The molecule has 4 saturated carbocycles. The number of hydrogen-bond donors (Lipinski definition) is 1. The second-order valence-corrected chi connectivity index (χ2v) is 9.09. The molecule has 1 aromatic heterocycles. The third-order valence-corrected chi connectivity index (χ3v) is 7.03. The van der Waals surface area contributed by atoms with E-state index in [2.05, 4.69) is 25.3 Å². The molecule has 4 bridgehead atoms. The highest BCUT2D eigenvalue weighted by molar-refractivity contribution is 7.10. The van der Waals surface area contributed by atoms with Crippen LogP contribution in [0.25, 0.3) is 0 Å². The minimum Gasteiger partial charge on any atom is -0.388 e. The van der Waals surface area contributed by atoms with Gasteiger partial charge in [0.2, 0.25) is 0 Å². The number of aliphatic hydroxyl groups is 1. The summed E-state index contributed by atoms with van der Waals surface area (Å²) in [5, 5.41) is 13.2. The van der Waals surface area contributed by atoms with Crippen molar-refractivity contribution in [2.45, 2.75) is 58.5 Å². The summed E-state index contributed by atoms with van der Waals surface area (Å²) in [4.78, 5) is 1.31. The van der Waals surface area contributed by atoms with Crippen molar-refractivity contribution in [2.24, 2.45) is 22.7 Å². The summed E-state index contributed by atoms with van der Waals surface area (Å²) in [6.07, 6.45) is 7.85. The van der Waals surface area contributed by atoms with Crippen molar-refractivity contribution in [2.75, 3.05) is 0 Å². The van der Waals surface area contributed by atoms with Crippen LogP contribution in [0.5, 0.6) is 0 Å². The first kappa shape index (κ1) is 12.4. The third kappa shape index (κ3) is 1.76. The van der Waals surface area contributed by atoms with Crippen LogP contribution < -0.4 is 0 Å². The van der Waals surface area contributed by atoms with Crippen molar-refractivity contribution in [3.63, 3.8) is 0 Å². The molecule has 2 heteroatoms. The minimum atomic E-state index is -0.219. The molecule has 3 unspecified atom stereocenters. The van der Waals surface area contributed by atoms with Gasteiger partial charge < -0.3 is 5.11 Å². The fourth-order valence-electron chi connectivity index (χ4n) is 6.13. The zero-order valence-corrected chi connectivity index (χ0v) is 12.8. The van der Waals surface area contributed by atoms with Crippen molar-refractivity contribution >= 4 is 11.3 Å². The Labute approximate surface area is 120 Å². The van der Waals surface area contributed by atoms with Crippen LogP contribution in [0.2, 0.25) is 0 Å². The Hall–Kier alpha value is -0.340. The van der Waals surface area contributed by atoms with E-state index in [-0.39, 0.29) is 11.5 Å². The molecule has 0 radical (unpaired) electrons. The summed E-state index contributed by atoms with van der Waals surface area (Å²) in [6, 6.07) is 2.16. The molecule has 19 heavy (non-hydrogen) atoms. The van der Waals surface area contributed by atoms with Crippen molar-refractivity contribution in [3.05, 3.63) is 21.9 Å². The van der Waals surface area contributed by atoms with E-state index in [0.29, 0.717) is 5.41 Å². The molecular formula is C17H24OS. The van der Waals surface area contributed by atoms with E-state index < -0.39 is 0 Å². The number of aryl methyl sites for hydroxylation is 1. The van der Waals surface area contributed by atoms with Gasteiger partial charge in [-0.15, -0.1) is 11.3 Å². The molecule has 0 amide bonds. The van der Waals surface area contributed by atoms with Crippen LogP contribution in [-0.2, 0) is 0 Å². The van der Waals surface area contributed by atoms with Crippen LogP contribution in [0.15, 0.2) is 11.4 Å². The van der Waals surface area contributed by atoms with E-state index in [4.69, 9.17) is 0 Å². The molecule has 1 heterocycles. The van der Waals surface area contributed by atoms with Crippen LogP contribution >= 0.6 is 11.3 Å². The fourth-order valence-corrected chi connectivity index (χ4v) is 6.86. The highest BCUT2D eigenvalue weighted by Crippen LogP contribution is 2.68. The molecule has 0 aromatic carbocycles. The molecule has 3 atom stereocenters. The van der Waals surface area contributed by atoms with Gasteiger partial charge in [0.15, 0.2) is 0 Å². The average Bonchev–Trinajstić information content (AvgIpc) is 2.71. The zero-order valence-electron chi connectivity index (χ0n) is 12.0. The highest BCUT2D eigenvalue weighted by Gasteiger charge is 2.58. The largest absolute Gasteiger partial charge is 0.388 e. The van der Waals surface area contributed by atoms with E-state index in [1.54, 1.807) is 11.3 Å². The lowest BCUT2D eigenvalue weighted by atomic mass is 9.43. The molecule has 104 valence electrons. The lowest BCUT2D eigenvalue weighted by Gasteiger charge is -2.62. The van der Waals surface area contributed by atoms with Gasteiger partial charge >= 0.3 is 0 Å². The van der Waals surface area contributed by atoms with Crippen molar-refractivity contribution in [3.8, 4) is 0 Å². The number of rotatable bonds is 2. The molecule has 4 aliphatic carbocycles. The van der Waals surface area contributed by atoms with Gasteiger partial charge in [-0.05, 0) is 79.7 Å². The van der Waals surface area contributed by atoms with Gasteiger partial charge in [0, 0.05) is 10.3 Å². The second kappa shape index (κ2) is 3.85. The fraction of sp³-hybridized carbons (Fsp3) is 0.765. The molecule has 1 N–H and O–H groups in total. The van der Waals surface area contributed by atoms with E-state index in [0.717, 1.165) is 11.8 Å². The Kier molecular flexibility index (Phi) is 2.52. The molecule has 1 aromatic rings. The Bertz CT molecular complexity index is 489. The molecule has 0 aliphatic heterocycles. The summed E-state index contributed by atoms with van der Waals surface area (Å²) in [5.41, 5.74) is 1.94. The Morgan fingerprint density at radius 2 is 1.95 bits per heavy atom. The van der Waals surface area contributed by atoms with Gasteiger partial charge in [-0.3, -0.25) is 0 Å². The number of thiophene rings is 1. The van der Waals surface area contributed by atoms with Crippen LogP contribution in [0.3, 0.4) is 0 Å². The van der Waals surface area contributed by atoms with Crippen LogP contribution in [0.1, 0.15) is 62.0 Å². The standard InChI is InChI=1S/C17H24OS/c1-11-14(3-4-19-11)15(18)17-8-12-5-13(9-17)7-16(2,6-12)10-17/h3-4,12-13,15,18H,5-10H2,1-2H3. The molecule has 5 rings (SSSR count). The van der Waals surface area contributed by atoms with E-state index in [1.807, 2.05) is 0 Å². The van der Waals surface area contributed by atoms with E-state index in [9.17, 15) is 5.11 Å². The number of hydrogen-bond acceptors (Lipinski definition) is 2. The van der Waals surface area contributed by atoms with E-state index >= 15 is 0 Å². The Balaban J connectivity index is 1.72. The van der Waals surface area contributed by atoms with Gasteiger partial charge in [0.05, 0.1) is 6.10 Å². The lowest BCUT2D eigenvalue weighted by molar-refractivity contribution is -0.155. The van der Waals surface area contributed by atoms with Gasteiger partial charge in [0.25, 0.3) is 0 Å². The zero-order chi connectivity index (χ0) is 13.3. The third-order valence-electron chi connectivity index (χ3n) is 6.17. The summed E-state index contributed by atoms with van der Waals surface area (Å²) in [7, 11) is 0. The predicted octanol–water partition coefficient (Wildman–Crippen LogP) is 4.70. The quantitative estimate of drug-likeness (QED) is 0.830. The summed E-state index contributed by atoms with van der Waals surface area (Å²) < 4.78 is 0. The first-order valence-electron chi connectivity index (χ1n) is 7.72. The molecule has 4 fully saturated rings. The predicted molar refractivity (Wildman–Crippen MR) is 79.2 cm³/mol. The SMILES string of the molecule is Cc1sccc1C(O)C12CC3CC(CC(C)(C3)C1)C2. The van der Waals surface area contributed by atoms with Crippen LogP contribution in [0, 0.1) is 29.6 Å². The summed E-state index contributed by atoms with van der Waals surface area (Å²) >= 11 is 1.78. The normalized spacial score (nSPS) is 45.6. The lowest BCUT2D eigenvalue weighted by Crippen LogP contribution is -2.53. The maximum absolute atomic E-state index is 11.1. The summed E-state index contributed by atoms with van der Waals surface area (Å²) in [5.74, 6) is 1.78. The van der Waals surface area contributed by atoms with Crippen LogP contribution in [-0.4, -0.2) is 5.11 Å². The Morgan fingerprint density at radius 1 is 1.26 bits per heavy atom.